The SMILES string of the molecule is CC(C)(C)c1ccc2c(c1)[Si](C)(C)c1cc(C(C)(C)C)ccc1N2c1ccc(I)nc1. The summed E-state index contributed by atoms with van der Waals surface area (Å²) in [4.78, 5) is 7.03. The van der Waals surface area contributed by atoms with Gasteiger partial charge < -0.3 is 4.90 Å². The fourth-order valence-electron chi connectivity index (χ4n) is 4.45. The van der Waals surface area contributed by atoms with E-state index >= 15 is 0 Å². The molecule has 3 aromatic rings. The lowest BCUT2D eigenvalue weighted by atomic mass is 9.86. The summed E-state index contributed by atoms with van der Waals surface area (Å²) in [6, 6.07) is 18.6. The molecule has 4 rings (SSSR count). The molecule has 0 bridgehead atoms. The van der Waals surface area contributed by atoms with Crippen LogP contribution < -0.4 is 15.3 Å². The minimum Gasteiger partial charge on any atom is -0.309 e. The average Bonchev–Trinajstić information content (AvgIpc) is 2.67. The molecule has 31 heavy (non-hydrogen) atoms. The quantitative estimate of drug-likeness (QED) is 0.190. The third-order valence-electron chi connectivity index (χ3n) is 6.52. The van der Waals surface area contributed by atoms with Crippen LogP contribution in [0.4, 0.5) is 17.1 Å². The van der Waals surface area contributed by atoms with E-state index in [-0.39, 0.29) is 10.8 Å². The van der Waals surface area contributed by atoms with Crippen LogP contribution in [0.25, 0.3) is 0 Å². The summed E-state index contributed by atoms with van der Waals surface area (Å²) in [6.45, 7) is 18.8. The minimum absolute atomic E-state index is 0.127. The highest BCUT2D eigenvalue weighted by Crippen LogP contribution is 2.40. The smallest absolute Gasteiger partial charge is 0.117 e. The number of nitrogens with zero attached hydrogens (tertiary/aromatic N) is 2. The lowest BCUT2D eigenvalue weighted by Crippen LogP contribution is -2.59. The third kappa shape index (κ3) is 3.97. The molecule has 4 heteroatoms. The van der Waals surface area contributed by atoms with Crippen LogP contribution in [0.2, 0.25) is 13.1 Å². The third-order valence-corrected chi connectivity index (χ3v) is 10.7. The van der Waals surface area contributed by atoms with Gasteiger partial charge in [0.2, 0.25) is 0 Å². The van der Waals surface area contributed by atoms with Gasteiger partial charge in [-0.1, -0.05) is 78.9 Å². The molecule has 0 fully saturated rings. The van der Waals surface area contributed by atoms with Crippen molar-refractivity contribution in [1.29, 1.82) is 0 Å². The Balaban J connectivity index is 2.03. The molecule has 0 amide bonds. The monoisotopic (exact) mass is 540 g/mol. The Kier molecular flexibility index (Phi) is 5.41. The van der Waals surface area contributed by atoms with E-state index in [4.69, 9.17) is 0 Å². The van der Waals surface area contributed by atoms with Crippen molar-refractivity contribution in [3.05, 3.63) is 69.6 Å². The molecule has 2 heterocycles. The van der Waals surface area contributed by atoms with Crippen molar-refractivity contribution in [2.45, 2.75) is 65.5 Å². The Morgan fingerprint density at radius 1 is 0.742 bits per heavy atom. The van der Waals surface area contributed by atoms with E-state index in [2.05, 4.69) is 136 Å². The van der Waals surface area contributed by atoms with Gasteiger partial charge in [0.05, 0.1) is 11.9 Å². The van der Waals surface area contributed by atoms with Crippen LogP contribution in [0.15, 0.2) is 54.7 Å². The number of halogens is 1. The summed E-state index contributed by atoms with van der Waals surface area (Å²) in [5.41, 5.74) is 6.81. The Bertz CT molecular complexity index is 1070. The Morgan fingerprint density at radius 2 is 1.23 bits per heavy atom. The first-order chi connectivity index (χ1) is 14.3. The van der Waals surface area contributed by atoms with Crippen molar-refractivity contribution >= 4 is 58.1 Å². The number of pyridine rings is 1. The maximum Gasteiger partial charge on any atom is 0.117 e. The molecule has 0 spiro atoms. The zero-order valence-electron chi connectivity index (χ0n) is 20.0. The Hall–Kier alpha value is -1.66. The first-order valence-corrected chi connectivity index (χ1v) is 15.1. The maximum atomic E-state index is 4.61. The molecule has 1 aliphatic heterocycles. The first kappa shape index (κ1) is 22.5. The average molecular weight is 541 g/mol. The summed E-state index contributed by atoms with van der Waals surface area (Å²) < 4.78 is 1.01. The molecule has 0 radical (unpaired) electrons. The van der Waals surface area contributed by atoms with Gasteiger partial charge in [-0.15, -0.1) is 0 Å². The van der Waals surface area contributed by atoms with Gasteiger partial charge in [0.15, 0.2) is 0 Å². The summed E-state index contributed by atoms with van der Waals surface area (Å²) in [5.74, 6) is 0. The van der Waals surface area contributed by atoms with E-state index in [1.807, 2.05) is 6.20 Å². The van der Waals surface area contributed by atoms with E-state index in [1.165, 1.54) is 32.9 Å². The number of aromatic nitrogens is 1. The Labute approximate surface area is 202 Å². The predicted molar refractivity (Wildman–Crippen MR) is 146 cm³/mol. The van der Waals surface area contributed by atoms with Gasteiger partial charge in [-0.3, -0.25) is 0 Å². The van der Waals surface area contributed by atoms with E-state index in [0.29, 0.717) is 0 Å². The molecule has 0 saturated heterocycles. The number of hydrogen-bond acceptors (Lipinski definition) is 2. The van der Waals surface area contributed by atoms with Crippen molar-refractivity contribution in [3.63, 3.8) is 0 Å². The van der Waals surface area contributed by atoms with Crippen molar-refractivity contribution in [3.8, 4) is 0 Å². The second-order valence-electron chi connectivity index (χ2n) is 11.3. The number of hydrogen-bond donors (Lipinski definition) is 0. The molecule has 2 aromatic carbocycles. The van der Waals surface area contributed by atoms with Gasteiger partial charge in [-0.05, 0) is 79.2 Å². The second kappa shape index (κ2) is 7.44. The van der Waals surface area contributed by atoms with Crippen LogP contribution >= 0.6 is 22.6 Å². The van der Waals surface area contributed by atoms with Crippen molar-refractivity contribution in [2.24, 2.45) is 0 Å². The van der Waals surface area contributed by atoms with Gasteiger partial charge in [-0.25, -0.2) is 4.98 Å². The van der Waals surface area contributed by atoms with Gasteiger partial charge in [0.25, 0.3) is 0 Å². The van der Waals surface area contributed by atoms with E-state index in [0.717, 1.165) is 9.39 Å². The Morgan fingerprint density at radius 3 is 1.61 bits per heavy atom. The van der Waals surface area contributed by atoms with Crippen LogP contribution in [0.5, 0.6) is 0 Å². The molecular weight excluding hydrogens is 507 g/mol. The highest BCUT2D eigenvalue weighted by atomic mass is 127. The van der Waals surface area contributed by atoms with Crippen molar-refractivity contribution in [2.75, 3.05) is 4.90 Å². The normalized spacial score (nSPS) is 15.5. The number of anilines is 3. The van der Waals surface area contributed by atoms with E-state index < -0.39 is 8.07 Å². The predicted octanol–water partition coefficient (Wildman–Crippen LogP) is 6.89. The van der Waals surface area contributed by atoms with E-state index in [1.54, 1.807) is 0 Å². The van der Waals surface area contributed by atoms with Crippen LogP contribution in [0, 0.1) is 3.70 Å². The number of benzene rings is 2. The summed E-state index contributed by atoms with van der Waals surface area (Å²) in [6.07, 6.45) is 2.00. The first-order valence-electron chi connectivity index (χ1n) is 11.0. The summed E-state index contributed by atoms with van der Waals surface area (Å²) in [7, 11) is -1.90. The molecule has 1 aliphatic rings. The van der Waals surface area contributed by atoms with Crippen molar-refractivity contribution in [1.82, 2.24) is 4.98 Å². The molecule has 2 nitrogen and oxygen atoms in total. The minimum atomic E-state index is -1.90. The number of fused-ring (bicyclic) bond motifs is 2. The number of rotatable bonds is 1. The summed E-state index contributed by atoms with van der Waals surface area (Å²) >= 11 is 2.28. The molecular formula is C27H33IN2Si. The zero-order valence-corrected chi connectivity index (χ0v) is 23.1. The molecule has 0 saturated carbocycles. The van der Waals surface area contributed by atoms with Crippen LogP contribution in [-0.2, 0) is 10.8 Å². The van der Waals surface area contributed by atoms with Gasteiger partial charge >= 0.3 is 0 Å². The van der Waals surface area contributed by atoms with Gasteiger partial charge in [0, 0.05) is 11.4 Å². The molecule has 1 aromatic heterocycles. The molecule has 162 valence electrons. The largest absolute Gasteiger partial charge is 0.309 e. The maximum absolute atomic E-state index is 4.61. The van der Waals surface area contributed by atoms with E-state index in [9.17, 15) is 0 Å². The van der Waals surface area contributed by atoms with Crippen LogP contribution in [0.3, 0.4) is 0 Å². The fourth-order valence-corrected chi connectivity index (χ4v) is 7.76. The second-order valence-corrected chi connectivity index (χ2v) is 16.7. The molecule has 0 aliphatic carbocycles. The molecule has 0 atom stereocenters. The fraction of sp³-hybridized carbons (Fsp3) is 0.370. The lowest BCUT2D eigenvalue weighted by molar-refractivity contribution is 0.590. The summed E-state index contributed by atoms with van der Waals surface area (Å²) in [5, 5.41) is 3.02. The highest BCUT2D eigenvalue weighted by Gasteiger charge is 2.40. The topological polar surface area (TPSA) is 16.1 Å². The van der Waals surface area contributed by atoms with Crippen molar-refractivity contribution < 1.29 is 0 Å². The van der Waals surface area contributed by atoms with Gasteiger partial charge in [0.1, 0.15) is 11.8 Å². The van der Waals surface area contributed by atoms with Crippen LogP contribution in [0.1, 0.15) is 52.7 Å². The van der Waals surface area contributed by atoms with Crippen LogP contribution in [-0.4, -0.2) is 13.1 Å². The standard InChI is InChI=1S/C27H33IN2Si/c1-26(2,3)18-9-12-21-23(15-18)31(7,8)24-16-19(27(4,5)6)10-13-22(24)30(21)20-11-14-25(28)29-17-20/h9-17H,1-8H3. The zero-order chi connectivity index (χ0) is 22.8. The van der Waals surface area contributed by atoms with Gasteiger partial charge in [-0.2, -0.15) is 0 Å². The molecule has 0 N–H and O–H groups in total. The molecule has 0 unspecified atom stereocenters. The lowest BCUT2D eigenvalue weighted by Gasteiger charge is -2.42. The highest BCUT2D eigenvalue weighted by molar-refractivity contribution is 14.1.